The number of carbonyl (C=O) groups excluding carboxylic acids is 1. The molecule has 8 heteroatoms. The SMILES string of the molecule is CCCCn1c(CCC(=O)N(Cc2ccc(C)cc2)C2CC2)nc2cc(S(=O)(=O)N(C)C)ccc21. The lowest BCUT2D eigenvalue weighted by molar-refractivity contribution is -0.132. The molecule has 0 saturated heterocycles. The molecule has 1 aromatic heterocycles. The molecule has 4 rings (SSSR count). The van der Waals surface area contributed by atoms with Gasteiger partial charge in [-0.1, -0.05) is 43.2 Å². The van der Waals surface area contributed by atoms with Gasteiger partial charge < -0.3 is 9.47 Å². The number of aryl methyl sites for hydroxylation is 3. The van der Waals surface area contributed by atoms with Gasteiger partial charge in [-0.3, -0.25) is 4.79 Å². The minimum absolute atomic E-state index is 0.151. The highest BCUT2D eigenvalue weighted by Gasteiger charge is 2.32. The first kappa shape index (κ1) is 25.4. The van der Waals surface area contributed by atoms with Gasteiger partial charge in [0.15, 0.2) is 0 Å². The van der Waals surface area contributed by atoms with Crippen molar-refractivity contribution in [1.82, 2.24) is 18.8 Å². The van der Waals surface area contributed by atoms with Crippen molar-refractivity contribution in [2.24, 2.45) is 0 Å². The molecule has 7 nitrogen and oxygen atoms in total. The molecule has 1 aliphatic rings. The number of fused-ring (bicyclic) bond motifs is 1. The summed E-state index contributed by atoms with van der Waals surface area (Å²) in [4.78, 5) is 20.3. The second-order valence-electron chi connectivity index (χ2n) is 9.71. The van der Waals surface area contributed by atoms with Gasteiger partial charge in [0, 0.05) is 46.1 Å². The van der Waals surface area contributed by atoms with E-state index in [0.29, 0.717) is 30.9 Å². The van der Waals surface area contributed by atoms with Gasteiger partial charge in [-0.25, -0.2) is 17.7 Å². The van der Waals surface area contributed by atoms with Crippen molar-refractivity contribution >= 4 is 27.0 Å². The van der Waals surface area contributed by atoms with Crippen LogP contribution in [0.4, 0.5) is 0 Å². The van der Waals surface area contributed by atoms with Gasteiger partial charge in [0.25, 0.3) is 0 Å². The van der Waals surface area contributed by atoms with E-state index in [0.717, 1.165) is 49.1 Å². The van der Waals surface area contributed by atoms with Crippen LogP contribution in [0.1, 0.15) is 56.0 Å². The Kier molecular flexibility index (Phi) is 7.62. The molecule has 0 spiro atoms. The quantitative estimate of drug-likeness (QED) is 0.391. The number of unbranched alkanes of at least 4 members (excludes halogenated alkanes) is 1. The minimum Gasteiger partial charge on any atom is -0.335 e. The van der Waals surface area contributed by atoms with Gasteiger partial charge in [0.2, 0.25) is 15.9 Å². The van der Waals surface area contributed by atoms with Crippen LogP contribution in [0, 0.1) is 6.92 Å². The van der Waals surface area contributed by atoms with Crippen LogP contribution >= 0.6 is 0 Å². The third-order valence-corrected chi connectivity index (χ3v) is 8.47. The average Bonchev–Trinajstić information content (AvgIpc) is 3.61. The fourth-order valence-corrected chi connectivity index (χ4v) is 5.27. The number of imidazole rings is 1. The number of carbonyl (C=O) groups is 1. The fourth-order valence-electron chi connectivity index (χ4n) is 4.35. The predicted octanol–water partition coefficient (Wildman–Crippen LogP) is 4.52. The van der Waals surface area contributed by atoms with Crippen molar-refractivity contribution < 1.29 is 13.2 Å². The number of nitrogens with zero attached hydrogens (tertiary/aromatic N) is 4. The maximum atomic E-state index is 13.3. The van der Waals surface area contributed by atoms with Crippen LogP contribution in [0.25, 0.3) is 11.0 Å². The van der Waals surface area contributed by atoms with Crippen LogP contribution in [0.2, 0.25) is 0 Å². The maximum absolute atomic E-state index is 13.3. The average molecular weight is 497 g/mol. The Morgan fingerprint density at radius 2 is 1.83 bits per heavy atom. The zero-order chi connectivity index (χ0) is 25.2. The molecule has 1 aliphatic carbocycles. The molecule has 188 valence electrons. The number of hydrogen-bond donors (Lipinski definition) is 0. The Labute approximate surface area is 208 Å². The lowest BCUT2D eigenvalue weighted by Crippen LogP contribution is -2.33. The largest absolute Gasteiger partial charge is 0.335 e. The number of amides is 1. The van der Waals surface area contributed by atoms with Gasteiger partial charge in [-0.05, 0) is 49.9 Å². The van der Waals surface area contributed by atoms with Gasteiger partial charge >= 0.3 is 0 Å². The van der Waals surface area contributed by atoms with E-state index in [1.165, 1.54) is 24.0 Å². The molecule has 3 aromatic rings. The number of aromatic nitrogens is 2. The second kappa shape index (κ2) is 10.5. The zero-order valence-corrected chi connectivity index (χ0v) is 22.0. The molecule has 35 heavy (non-hydrogen) atoms. The second-order valence-corrected chi connectivity index (χ2v) is 11.9. The molecule has 1 heterocycles. The molecule has 0 N–H and O–H groups in total. The minimum atomic E-state index is -3.54. The first-order chi connectivity index (χ1) is 16.7. The molecular weight excluding hydrogens is 460 g/mol. The van der Waals surface area contributed by atoms with Crippen LogP contribution in [0.5, 0.6) is 0 Å². The van der Waals surface area contributed by atoms with Crippen molar-refractivity contribution in [2.75, 3.05) is 14.1 Å². The summed E-state index contributed by atoms with van der Waals surface area (Å²) in [7, 11) is -0.485. The summed E-state index contributed by atoms with van der Waals surface area (Å²) in [5.74, 6) is 0.991. The van der Waals surface area contributed by atoms with Gasteiger partial charge in [0.1, 0.15) is 5.82 Å². The molecule has 1 amide bonds. The number of rotatable bonds is 11. The molecule has 0 atom stereocenters. The van der Waals surface area contributed by atoms with Crippen molar-refractivity contribution in [3.63, 3.8) is 0 Å². The van der Waals surface area contributed by atoms with Crippen LogP contribution in [-0.4, -0.2) is 53.2 Å². The van der Waals surface area contributed by atoms with Crippen LogP contribution in [0.3, 0.4) is 0 Å². The molecule has 1 fully saturated rings. The van der Waals surface area contributed by atoms with E-state index in [4.69, 9.17) is 4.98 Å². The summed E-state index contributed by atoms with van der Waals surface area (Å²) < 4.78 is 28.6. The monoisotopic (exact) mass is 496 g/mol. The number of sulfonamides is 1. The normalized spacial score (nSPS) is 14.1. The molecule has 1 saturated carbocycles. The smallest absolute Gasteiger partial charge is 0.242 e. The van der Waals surface area contributed by atoms with E-state index in [1.807, 2.05) is 11.0 Å². The van der Waals surface area contributed by atoms with Crippen LogP contribution in [-0.2, 0) is 34.3 Å². The highest BCUT2D eigenvalue weighted by molar-refractivity contribution is 7.89. The predicted molar refractivity (Wildman–Crippen MR) is 139 cm³/mol. The lowest BCUT2D eigenvalue weighted by Gasteiger charge is -2.23. The summed E-state index contributed by atoms with van der Waals surface area (Å²) in [6, 6.07) is 13.8. The summed E-state index contributed by atoms with van der Waals surface area (Å²) in [6.07, 6.45) is 5.08. The highest BCUT2D eigenvalue weighted by Crippen LogP contribution is 2.30. The number of hydrogen-bond acceptors (Lipinski definition) is 4. The first-order valence-corrected chi connectivity index (χ1v) is 13.9. The molecule has 0 bridgehead atoms. The van der Waals surface area contributed by atoms with Gasteiger partial charge in [-0.2, -0.15) is 0 Å². The van der Waals surface area contributed by atoms with Crippen LogP contribution < -0.4 is 0 Å². The zero-order valence-electron chi connectivity index (χ0n) is 21.2. The topological polar surface area (TPSA) is 75.5 Å². The van der Waals surface area contributed by atoms with Crippen LogP contribution in [0.15, 0.2) is 47.4 Å². The Balaban J connectivity index is 1.55. The fraction of sp³-hybridized carbons (Fsp3) is 0.481. The summed E-state index contributed by atoms with van der Waals surface area (Å²) >= 11 is 0. The standard InChI is InChI=1S/C27H36N4O3S/c1-5-6-17-30-25-14-13-23(35(33,34)29(3)4)18-24(25)28-26(30)15-16-27(32)31(22-11-12-22)19-21-9-7-20(2)8-10-21/h7-10,13-14,18,22H,5-6,11-12,15-17,19H2,1-4H3. The van der Waals surface area contributed by atoms with Crippen molar-refractivity contribution in [3.8, 4) is 0 Å². The third-order valence-electron chi connectivity index (χ3n) is 6.66. The number of benzene rings is 2. The van der Waals surface area contributed by atoms with Crippen molar-refractivity contribution in [1.29, 1.82) is 0 Å². The van der Waals surface area contributed by atoms with Gasteiger partial charge in [-0.15, -0.1) is 0 Å². The van der Waals surface area contributed by atoms with E-state index in [1.54, 1.807) is 12.1 Å². The highest BCUT2D eigenvalue weighted by atomic mass is 32.2. The molecule has 0 unspecified atom stereocenters. The summed E-state index contributed by atoms with van der Waals surface area (Å²) in [5.41, 5.74) is 3.94. The lowest BCUT2D eigenvalue weighted by atomic mass is 10.1. The first-order valence-electron chi connectivity index (χ1n) is 12.5. The van der Waals surface area contributed by atoms with E-state index < -0.39 is 10.0 Å². The Hall–Kier alpha value is -2.71. The van der Waals surface area contributed by atoms with E-state index >= 15 is 0 Å². The van der Waals surface area contributed by atoms with E-state index in [9.17, 15) is 13.2 Å². The Morgan fingerprint density at radius 1 is 1.11 bits per heavy atom. The molecule has 2 aromatic carbocycles. The Bertz CT molecular complexity index is 1290. The summed E-state index contributed by atoms with van der Waals surface area (Å²) in [5, 5.41) is 0. The Morgan fingerprint density at radius 3 is 2.46 bits per heavy atom. The molecular formula is C27H36N4O3S. The molecule has 0 aliphatic heterocycles. The van der Waals surface area contributed by atoms with Gasteiger partial charge in [0.05, 0.1) is 15.9 Å². The van der Waals surface area contributed by atoms with Crippen molar-refractivity contribution in [2.45, 2.75) is 76.4 Å². The third kappa shape index (κ3) is 5.76. The molecule has 0 radical (unpaired) electrons. The van der Waals surface area contributed by atoms with Crippen molar-refractivity contribution in [3.05, 3.63) is 59.4 Å². The summed E-state index contributed by atoms with van der Waals surface area (Å²) in [6.45, 7) is 5.65. The van der Waals surface area contributed by atoms with E-state index in [-0.39, 0.29) is 10.8 Å². The maximum Gasteiger partial charge on any atom is 0.242 e. The van der Waals surface area contributed by atoms with E-state index in [2.05, 4.69) is 42.7 Å².